The number of hydrogen-bond acceptors (Lipinski definition) is 3. The molecule has 1 aliphatic heterocycles. The normalized spacial score (nSPS) is 25.9. The first kappa shape index (κ1) is 7.53. The van der Waals surface area contributed by atoms with E-state index in [0.717, 1.165) is 19.0 Å². The minimum atomic E-state index is -0.818. The van der Waals surface area contributed by atoms with Gasteiger partial charge in [-0.15, -0.1) is 0 Å². The highest BCUT2D eigenvalue weighted by Crippen LogP contribution is 2.12. The summed E-state index contributed by atoms with van der Waals surface area (Å²) in [6.07, 6.45) is 1.69. The maximum atomic E-state index is 10.8. The zero-order chi connectivity index (χ0) is 6.69. The summed E-state index contributed by atoms with van der Waals surface area (Å²) < 4.78 is 12.6. The van der Waals surface area contributed by atoms with Crippen molar-refractivity contribution in [2.24, 2.45) is 0 Å². The topological polar surface area (TPSA) is 32.3 Å². The van der Waals surface area contributed by atoms with Crippen molar-refractivity contribution in [1.82, 2.24) is 9.03 Å². The molecule has 0 amide bonds. The number of hydrogen-bond donors (Lipinski definition) is 1. The van der Waals surface area contributed by atoms with E-state index in [9.17, 15) is 4.21 Å². The van der Waals surface area contributed by atoms with E-state index in [-0.39, 0.29) is 0 Å². The third-order valence-corrected chi connectivity index (χ3v) is 3.49. The van der Waals surface area contributed by atoms with Crippen LogP contribution in [0.15, 0.2) is 0 Å². The molecule has 1 fully saturated rings. The van der Waals surface area contributed by atoms with Crippen LogP contribution in [0.3, 0.4) is 0 Å². The zero-order valence-corrected chi connectivity index (χ0v) is 6.93. The lowest BCUT2D eigenvalue weighted by molar-refractivity contribution is 0.558. The second kappa shape index (κ2) is 3.55. The van der Waals surface area contributed by atoms with E-state index in [2.05, 4.69) is 5.32 Å². The second-order valence-electron chi connectivity index (χ2n) is 1.75. The fourth-order valence-electron chi connectivity index (χ4n) is 0.601. The van der Waals surface area contributed by atoms with Crippen molar-refractivity contribution in [3.05, 3.63) is 0 Å². The van der Waals surface area contributed by atoms with Crippen molar-refractivity contribution < 1.29 is 4.21 Å². The molecule has 1 aliphatic rings. The molecule has 54 valence electrons. The molecule has 0 aromatic heterocycles. The maximum absolute atomic E-state index is 10.8. The van der Waals surface area contributed by atoms with Crippen molar-refractivity contribution in [1.29, 1.82) is 0 Å². The van der Waals surface area contributed by atoms with Gasteiger partial charge in [-0.2, -0.15) is 3.71 Å². The predicted molar refractivity (Wildman–Crippen MR) is 41.2 cm³/mol. The van der Waals surface area contributed by atoms with Gasteiger partial charge in [0.25, 0.3) is 0 Å². The molecule has 0 aromatic rings. The molecule has 1 saturated heterocycles. The first-order chi connectivity index (χ1) is 4.30. The molecular weight excluding hydrogens is 156 g/mol. The maximum Gasteiger partial charge on any atom is 0.102 e. The number of rotatable bonds is 1. The fraction of sp³-hybridized carbons (Fsp3) is 1.00. The van der Waals surface area contributed by atoms with Gasteiger partial charge in [-0.25, -0.2) is 4.21 Å². The van der Waals surface area contributed by atoms with Gasteiger partial charge in [0, 0.05) is 18.6 Å². The molecule has 9 heavy (non-hydrogen) atoms. The van der Waals surface area contributed by atoms with E-state index in [1.165, 1.54) is 0 Å². The van der Waals surface area contributed by atoms with Gasteiger partial charge in [-0.1, -0.05) is 11.9 Å². The van der Waals surface area contributed by atoms with Gasteiger partial charge in [0.2, 0.25) is 0 Å². The lowest BCUT2D eigenvalue weighted by atomic mass is 10.7. The Hall–Kier alpha value is 0.420. The Morgan fingerprint density at radius 3 is 2.89 bits per heavy atom. The summed E-state index contributed by atoms with van der Waals surface area (Å²) >= 11 is 1.64. The molecular formula is C4H10N2OS2. The molecule has 0 radical (unpaired) electrons. The van der Waals surface area contributed by atoms with Crippen LogP contribution in [0.1, 0.15) is 0 Å². The van der Waals surface area contributed by atoms with Crippen LogP contribution in [-0.4, -0.2) is 33.1 Å². The van der Waals surface area contributed by atoms with E-state index >= 15 is 0 Å². The summed E-state index contributed by atoms with van der Waals surface area (Å²) in [5.74, 6) is 1.03. The third-order valence-electron chi connectivity index (χ3n) is 1.04. The first-order valence-electron chi connectivity index (χ1n) is 2.75. The lowest BCUT2D eigenvalue weighted by Crippen LogP contribution is -2.37. The first-order valence-corrected chi connectivity index (χ1v) is 5.21. The fourth-order valence-corrected chi connectivity index (χ4v) is 2.31. The van der Waals surface area contributed by atoms with Crippen LogP contribution in [0.4, 0.5) is 0 Å². The van der Waals surface area contributed by atoms with Crippen LogP contribution >= 0.6 is 11.9 Å². The largest absolute Gasteiger partial charge is 0.302 e. The van der Waals surface area contributed by atoms with E-state index < -0.39 is 11.0 Å². The highest BCUT2D eigenvalue weighted by molar-refractivity contribution is 8.06. The Kier molecular flexibility index (Phi) is 2.97. The number of nitrogens with one attached hydrogen (secondary N) is 1. The summed E-state index contributed by atoms with van der Waals surface area (Å²) in [6, 6.07) is 0. The van der Waals surface area contributed by atoms with E-state index in [4.69, 9.17) is 0 Å². The lowest BCUT2D eigenvalue weighted by Gasteiger charge is -2.22. The van der Waals surface area contributed by atoms with Crippen molar-refractivity contribution in [3.63, 3.8) is 0 Å². The second-order valence-corrected chi connectivity index (χ2v) is 4.37. The molecule has 5 heteroatoms. The summed E-state index contributed by atoms with van der Waals surface area (Å²) in [5, 5.41) is 3.13. The van der Waals surface area contributed by atoms with Gasteiger partial charge in [0.15, 0.2) is 0 Å². The summed E-state index contributed by atoms with van der Waals surface area (Å²) in [4.78, 5) is 0. The Morgan fingerprint density at radius 2 is 2.56 bits per heavy atom. The predicted octanol–water partition coefficient (Wildman–Crippen LogP) is -0.209. The average Bonchev–Trinajstić information content (AvgIpc) is 1.90. The standard InChI is InChI=1S/C4H10N2OS2/c1-9(7)6-4-5-2-3-8-6/h5H,2-4H2,1H3. The van der Waals surface area contributed by atoms with Crippen LogP contribution in [0.2, 0.25) is 0 Å². The van der Waals surface area contributed by atoms with Gasteiger partial charge in [-0.3, -0.25) is 0 Å². The molecule has 1 unspecified atom stereocenters. The Morgan fingerprint density at radius 1 is 1.78 bits per heavy atom. The summed E-state index contributed by atoms with van der Waals surface area (Å²) in [7, 11) is -0.818. The Bertz CT molecular complexity index is 113. The molecule has 0 bridgehead atoms. The molecule has 0 aliphatic carbocycles. The van der Waals surface area contributed by atoms with Gasteiger partial charge in [-0.05, 0) is 0 Å². The van der Waals surface area contributed by atoms with Crippen LogP contribution in [0.25, 0.3) is 0 Å². The van der Waals surface area contributed by atoms with Gasteiger partial charge in [0.1, 0.15) is 11.0 Å². The minimum Gasteiger partial charge on any atom is -0.302 e. The van der Waals surface area contributed by atoms with Gasteiger partial charge in [0.05, 0.1) is 6.67 Å². The monoisotopic (exact) mass is 166 g/mol. The van der Waals surface area contributed by atoms with Crippen molar-refractivity contribution in [2.45, 2.75) is 0 Å². The number of nitrogens with zero attached hydrogens (tertiary/aromatic N) is 1. The molecule has 1 heterocycles. The summed E-state index contributed by atoms with van der Waals surface area (Å²) in [5.41, 5.74) is 0. The van der Waals surface area contributed by atoms with Crippen LogP contribution in [0.5, 0.6) is 0 Å². The van der Waals surface area contributed by atoms with E-state index in [0.29, 0.717) is 0 Å². The quantitative estimate of drug-likeness (QED) is 0.547. The molecule has 1 N–H and O–H groups in total. The molecule has 3 nitrogen and oxygen atoms in total. The molecule has 0 aromatic carbocycles. The van der Waals surface area contributed by atoms with Crippen molar-refractivity contribution in [3.8, 4) is 0 Å². The van der Waals surface area contributed by atoms with E-state index in [1.807, 2.05) is 3.71 Å². The van der Waals surface area contributed by atoms with Crippen molar-refractivity contribution in [2.75, 3.05) is 25.2 Å². The van der Waals surface area contributed by atoms with Gasteiger partial charge >= 0.3 is 0 Å². The van der Waals surface area contributed by atoms with Gasteiger partial charge < -0.3 is 5.32 Å². The highest BCUT2D eigenvalue weighted by atomic mass is 32.2. The molecule has 0 spiro atoms. The minimum absolute atomic E-state index is 0.744. The summed E-state index contributed by atoms with van der Waals surface area (Å²) in [6.45, 7) is 1.77. The average molecular weight is 166 g/mol. The van der Waals surface area contributed by atoms with Crippen LogP contribution < -0.4 is 5.32 Å². The smallest absolute Gasteiger partial charge is 0.102 e. The van der Waals surface area contributed by atoms with E-state index in [1.54, 1.807) is 18.2 Å². The Labute approximate surface area is 61.9 Å². The van der Waals surface area contributed by atoms with Crippen LogP contribution in [0, 0.1) is 0 Å². The molecule has 1 atom stereocenters. The van der Waals surface area contributed by atoms with Crippen molar-refractivity contribution >= 4 is 22.9 Å². The highest BCUT2D eigenvalue weighted by Gasteiger charge is 2.12. The SMILES string of the molecule is CS(=O)N1CNCCS1. The zero-order valence-electron chi connectivity index (χ0n) is 5.29. The third kappa shape index (κ3) is 2.25. The molecule has 0 saturated carbocycles. The Balaban J connectivity index is 2.31. The van der Waals surface area contributed by atoms with Crippen LogP contribution in [-0.2, 0) is 11.0 Å². The molecule has 1 rings (SSSR count).